The Labute approximate surface area is 104 Å². The van der Waals surface area contributed by atoms with Gasteiger partial charge in [0, 0.05) is 26.8 Å². The fraction of sp³-hybridized carbons (Fsp3) is 0.636. The Morgan fingerprint density at radius 3 is 2.78 bits per heavy atom. The second kappa shape index (κ2) is 5.26. The normalized spacial score (nSPS) is 16.7. The summed E-state index contributed by atoms with van der Waals surface area (Å²) in [6, 6.07) is 0. The fourth-order valence-corrected chi connectivity index (χ4v) is 2.00. The maximum absolute atomic E-state index is 11.6. The van der Waals surface area contributed by atoms with Gasteiger partial charge in [0.2, 0.25) is 0 Å². The molecular formula is C11H18N4O3. The lowest BCUT2D eigenvalue weighted by molar-refractivity contribution is 0.0699. The summed E-state index contributed by atoms with van der Waals surface area (Å²) in [5.74, 6) is 0.630. The van der Waals surface area contributed by atoms with Crippen molar-refractivity contribution in [1.82, 2.24) is 9.55 Å². The first-order valence-electron chi connectivity index (χ1n) is 6.00. The molecule has 0 spiro atoms. The number of aromatic nitrogens is 2. The summed E-state index contributed by atoms with van der Waals surface area (Å²) < 4.78 is 6.48. The minimum absolute atomic E-state index is 0.163. The van der Waals surface area contributed by atoms with Gasteiger partial charge in [-0.2, -0.15) is 0 Å². The van der Waals surface area contributed by atoms with Crippen LogP contribution in [0.5, 0.6) is 0 Å². The van der Waals surface area contributed by atoms with Gasteiger partial charge in [0.15, 0.2) is 0 Å². The van der Waals surface area contributed by atoms with Crippen molar-refractivity contribution in [3.05, 3.63) is 20.8 Å². The van der Waals surface area contributed by atoms with E-state index in [9.17, 15) is 9.59 Å². The van der Waals surface area contributed by atoms with Gasteiger partial charge in [-0.05, 0) is 18.8 Å². The van der Waals surface area contributed by atoms with Gasteiger partial charge in [-0.15, -0.1) is 0 Å². The van der Waals surface area contributed by atoms with E-state index in [4.69, 9.17) is 10.5 Å². The van der Waals surface area contributed by atoms with Crippen LogP contribution in [0.25, 0.3) is 0 Å². The third-order valence-corrected chi connectivity index (χ3v) is 3.28. The minimum Gasteiger partial charge on any atom is -0.383 e. The van der Waals surface area contributed by atoms with Gasteiger partial charge in [0.05, 0.1) is 0 Å². The zero-order chi connectivity index (χ0) is 13.1. The predicted octanol–water partition coefficient (Wildman–Crippen LogP) is -0.506. The van der Waals surface area contributed by atoms with E-state index in [0.29, 0.717) is 12.5 Å². The molecule has 1 aliphatic rings. The number of H-pyrrole nitrogens is 1. The molecule has 0 amide bonds. The Kier molecular flexibility index (Phi) is 3.71. The summed E-state index contributed by atoms with van der Waals surface area (Å²) in [4.78, 5) is 25.2. The molecule has 7 nitrogen and oxygen atoms in total. The second-order valence-electron chi connectivity index (χ2n) is 4.52. The van der Waals surface area contributed by atoms with E-state index in [2.05, 4.69) is 10.3 Å². The number of hydrogen-bond acceptors (Lipinski definition) is 5. The van der Waals surface area contributed by atoms with Crippen LogP contribution in [0.15, 0.2) is 9.59 Å². The highest BCUT2D eigenvalue weighted by atomic mass is 16.5. The second-order valence-corrected chi connectivity index (χ2v) is 4.52. The van der Waals surface area contributed by atoms with Crippen LogP contribution in [0.4, 0.5) is 11.5 Å². The Morgan fingerprint density at radius 1 is 1.44 bits per heavy atom. The molecular weight excluding hydrogens is 236 g/mol. The van der Waals surface area contributed by atoms with Gasteiger partial charge in [0.25, 0.3) is 5.56 Å². The Morgan fingerprint density at radius 2 is 2.11 bits per heavy atom. The van der Waals surface area contributed by atoms with E-state index in [1.807, 2.05) is 0 Å². The number of anilines is 2. The van der Waals surface area contributed by atoms with Crippen LogP contribution >= 0.6 is 0 Å². The first-order valence-corrected chi connectivity index (χ1v) is 6.00. The summed E-state index contributed by atoms with van der Waals surface area (Å²) in [6.07, 6.45) is 1.94. The molecule has 0 atom stereocenters. The molecule has 1 saturated heterocycles. The van der Waals surface area contributed by atoms with Crippen LogP contribution in [0.2, 0.25) is 0 Å². The van der Waals surface area contributed by atoms with E-state index in [1.54, 1.807) is 0 Å². The number of aromatic amines is 1. The van der Waals surface area contributed by atoms with Crippen LogP contribution in [0.1, 0.15) is 12.8 Å². The van der Waals surface area contributed by atoms with Crippen LogP contribution in [0, 0.1) is 5.92 Å². The van der Waals surface area contributed by atoms with Gasteiger partial charge in [0.1, 0.15) is 11.5 Å². The molecule has 0 bridgehead atoms. The molecule has 4 N–H and O–H groups in total. The molecule has 0 aliphatic carbocycles. The number of ether oxygens (including phenoxy) is 1. The van der Waals surface area contributed by atoms with Crippen molar-refractivity contribution in [3.8, 4) is 0 Å². The average molecular weight is 254 g/mol. The molecule has 0 radical (unpaired) electrons. The third-order valence-electron chi connectivity index (χ3n) is 3.28. The molecule has 1 aromatic rings. The van der Waals surface area contributed by atoms with Crippen molar-refractivity contribution < 1.29 is 4.74 Å². The SMILES string of the molecule is Cn1c(N)c(NCC2CCOCC2)c(=O)[nH]c1=O. The molecule has 0 aromatic carbocycles. The maximum atomic E-state index is 11.6. The van der Waals surface area contributed by atoms with Gasteiger partial charge in [-0.1, -0.05) is 0 Å². The standard InChI is InChI=1S/C11H18N4O3/c1-15-9(12)8(10(16)14-11(15)17)13-6-7-2-4-18-5-3-7/h7,13H,2-6,12H2,1H3,(H,14,16,17). The molecule has 18 heavy (non-hydrogen) atoms. The van der Waals surface area contributed by atoms with Crippen LogP contribution in [-0.4, -0.2) is 29.3 Å². The first-order chi connectivity index (χ1) is 8.59. The van der Waals surface area contributed by atoms with E-state index in [0.717, 1.165) is 26.1 Å². The molecule has 100 valence electrons. The summed E-state index contributed by atoms with van der Waals surface area (Å²) in [5.41, 5.74) is 5.05. The molecule has 1 aliphatic heterocycles. The highest BCUT2D eigenvalue weighted by Gasteiger charge is 2.15. The summed E-state index contributed by atoms with van der Waals surface area (Å²) in [6.45, 7) is 2.17. The number of hydrogen-bond donors (Lipinski definition) is 3. The van der Waals surface area contributed by atoms with Crippen molar-refractivity contribution in [2.75, 3.05) is 30.8 Å². The van der Waals surface area contributed by atoms with E-state index in [-0.39, 0.29) is 11.5 Å². The van der Waals surface area contributed by atoms with Crippen molar-refractivity contribution in [2.24, 2.45) is 13.0 Å². The molecule has 1 aromatic heterocycles. The first kappa shape index (κ1) is 12.7. The minimum atomic E-state index is -0.505. The highest BCUT2D eigenvalue weighted by Crippen LogP contribution is 2.16. The lowest BCUT2D eigenvalue weighted by Gasteiger charge is -2.22. The van der Waals surface area contributed by atoms with E-state index >= 15 is 0 Å². The van der Waals surface area contributed by atoms with Crippen LogP contribution in [0.3, 0.4) is 0 Å². The molecule has 2 heterocycles. The Balaban J connectivity index is 2.11. The molecule has 0 unspecified atom stereocenters. The number of rotatable bonds is 3. The lowest BCUT2D eigenvalue weighted by Crippen LogP contribution is -2.33. The number of nitrogens with one attached hydrogen (secondary N) is 2. The maximum Gasteiger partial charge on any atom is 0.329 e. The molecule has 7 heteroatoms. The van der Waals surface area contributed by atoms with Crippen LogP contribution in [-0.2, 0) is 11.8 Å². The summed E-state index contributed by atoms with van der Waals surface area (Å²) in [7, 11) is 1.52. The van der Waals surface area contributed by atoms with E-state index < -0.39 is 11.2 Å². The average Bonchev–Trinajstić information content (AvgIpc) is 2.37. The Hall–Kier alpha value is -1.76. The monoisotopic (exact) mass is 254 g/mol. The zero-order valence-corrected chi connectivity index (χ0v) is 10.4. The number of nitrogen functional groups attached to an aromatic ring is 1. The largest absolute Gasteiger partial charge is 0.383 e. The zero-order valence-electron chi connectivity index (χ0n) is 10.4. The molecule has 2 rings (SSSR count). The van der Waals surface area contributed by atoms with Crippen LogP contribution < -0.4 is 22.3 Å². The quantitative estimate of drug-likeness (QED) is 0.674. The fourth-order valence-electron chi connectivity index (χ4n) is 2.00. The number of nitrogens with zero attached hydrogens (tertiary/aromatic N) is 1. The van der Waals surface area contributed by atoms with Crippen molar-refractivity contribution in [2.45, 2.75) is 12.8 Å². The van der Waals surface area contributed by atoms with Crippen molar-refractivity contribution in [3.63, 3.8) is 0 Å². The smallest absolute Gasteiger partial charge is 0.329 e. The topological polar surface area (TPSA) is 102 Å². The van der Waals surface area contributed by atoms with Gasteiger partial charge in [-0.25, -0.2) is 4.79 Å². The highest BCUT2D eigenvalue weighted by molar-refractivity contribution is 5.60. The van der Waals surface area contributed by atoms with Gasteiger partial charge >= 0.3 is 5.69 Å². The van der Waals surface area contributed by atoms with Crippen molar-refractivity contribution in [1.29, 1.82) is 0 Å². The Bertz CT molecular complexity index is 528. The predicted molar refractivity (Wildman–Crippen MR) is 68.7 cm³/mol. The third kappa shape index (κ3) is 2.56. The lowest BCUT2D eigenvalue weighted by atomic mass is 10.0. The van der Waals surface area contributed by atoms with E-state index in [1.165, 1.54) is 11.6 Å². The van der Waals surface area contributed by atoms with Gasteiger partial charge < -0.3 is 15.8 Å². The van der Waals surface area contributed by atoms with Gasteiger partial charge in [-0.3, -0.25) is 14.3 Å². The molecule has 1 fully saturated rings. The number of nitrogens with two attached hydrogens (primary N) is 1. The summed E-state index contributed by atoms with van der Waals surface area (Å²) >= 11 is 0. The summed E-state index contributed by atoms with van der Waals surface area (Å²) in [5, 5.41) is 3.03. The van der Waals surface area contributed by atoms with Crippen molar-refractivity contribution >= 4 is 11.5 Å². The molecule has 0 saturated carbocycles.